The van der Waals surface area contributed by atoms with Gasteiger partial charge in [-0.2, -0.15) is 9.50 Å². The van der Waals surface area contributed by atoms with Crippen molar-refractivity contribution in [1.82, 2.24) is 24.5 Å². The molecule has 26 heavy (non-hydrogen) atoms. The van der Waals surface area contributed by atoms with Crippen LogP contribution >= 0.6 is 0 Å². The highest BCUT2D eigenvalue weighted by Crippen LogP contribution is 2.36. The highest BCUT2D eigenvalue weighted by atomic mass is 16.3. The largest absolute Gasteiger partial charge is 0.461 e. The third-order valence-corrected chi connectivity index (χ3v) is 5.12. The first-order chi connectivity index (χ1) is 12.6. The lowest BCUT2D eigenvalue weighted by Crippen LogP contribution is -2.49. The van der Waals surface area contributed by atoms with E-state index in [1.807, 2.05) is 12.1 Å². The number of piperazine rings is 1. The van der Waals surface area contributed by atoms with E-state index in [-0.39, 0.29) is 0 Å². The highest BCUT2D eigenvalue weighted by Gasteiger charge is 2.42. The highest BCUT2D eigenvalue weighted by molar-refractivity contribution is 5.59. The Morgan fingerprint density at radius 3 is 2.69 bits per heavy atom. The van der Waals surface area contributed by atoms with Gasteiger partial charge in [-0.25, -0.2) is 4.98 Å². The van der Waals surface area contributed by atoms with Crippen LogP contribution in [0.2, 0.25) is 0 Å². The van der Waals surface area contributed by atoms with E-state index in [0.717, 1.165) is 51.4 Å². The van der Waals surface area contributed by atoms with E-state index in [2.05, 4.69) is 24.9 Å². The number of anilines is 2. The van der Waals surface area contributed by atoms with Gasteiger partial charge in [0.15, 0.2) is 11.4 Å². The van der Waals surface area contributed by atoms with Crippen molar-refractivity contribution in [2.24, 2.45) is 0 Å². The number of aromatic nitrogens is 4. The maximum Gasteiger partial charge on any atom is 0.225 e. The zero-order valence-corrected chi connectivity index (χ0v) is 14.4. The fourth-order valence-electron chi connectivity index (χ4n) is 3.42. The zero-order chi connectivity index (χ0) is 17.7. The van der Waals surface area contributed by atoms with Gasteiger partial charge in [0, 0.05) is 38.8 Å². The lowest BCUT2D eigenvalue weighted by molar-refractivity contribution is 0.0888. The van der Waals surface area contributed by atoms with Crippen LogP contribution in [-0.4, -0.2) is 67.9 Å². The predicted octanol–water partition coefficient (Wildman–Crippen LogP) is 0.613. The number of aliphatic hydroxyl groups is 1. The Kier molecular flexibility index (Phi) is 3.41. The summed E-state index contributed by atoms with van der Waals surface area (Å²) in [6.45, 7) is 4.26. The monoisotopic (exact) mass is 355 g/mol. The number of nitrogens with zero attached hydrogens (tertiary/aromatic N) is 6. The number of β-amino-alcohol motifs (C(OH)–C–C–N with tert-alkyl or cyclic N) is 1. The SMILES string of the molecule is Nc1nc(N2CCN(CC3(O)CC3)CC2)cc2nc(-c3ccco3)nn12. The first-order valence-electron chi connectivity index (χ1n) is 8.87. The molecule has 1 aliphatic heterocycles. The average Bonchev–Trinajstić information content (AvgIpc) is 3.07. The molecule has 9 nitrogen and oxygen atoms in total. The van der Waals surface area contributed by atoms with E-state index in [0.29, 0.717) is 23.2 Å². The second kappa shape index (κ2) is 5.68. The van der Waals surface area contributed by atoms with Gasteiger partial charge in [0.1, 0.15) is 5.82 Å². The molecule has 0 amide bonds. The summed E-state index contributed by atoms with van der Waals surface area (Å²) in [5, 5.41) is 14.5. The second-order valence-corrected chi connectivity index (χ2v) is 7.14. The van der Waals surface area contributed by atoms with Gasteiger partial charge in [-0.05, 0) is 25.0 Å². The molecule has 136 valence electrons. The van der Waals surface area contributed by atoms with Crippen LogP contribution < -0.4 is 10.6 Å². The summed E-state index contributed by atoms with van der Waals surface area (Å²) in [5.74, 6) is 2.19. The third kappa shape index (κ3) is 2.78. The van der Waals surface area contributed by atoms with Crippen LogP contribution in [0.5, 0.6) is 0 Å². The number of nitrogens with two attached hydrogens (primary N) is 1. The molecule has 1 saturated heterocycles. The topological polar surface area (TPSA) is 109 Å². The molecule has 3 aromatic heterocycles. The number of hydrogen-bond acceptors (Lipinski definition) is 8. The molecule has 0 radical (unpaired) electrons. The Morgan fingerprint density at radius 2 is 2.00 bits per heavy atom. The molecule has 2 aliphatic rings. The molecule has 5 rings (SSSR count). The van der Waals surface area contributed by atoms with Crippen LogP contribution in [0.25, 0.3) is 17.2 Å². The summed E-state index contributed by atoms with van der Waals surface area (Å²) in [7, 11) is 0. The van der Waals surface area contributed by atoms with E-state index in [1.165, 1.54) is 4.52 Å². The molecule has 0 unspecified atom stereocenters. The summed E-state index contributed by atoms with van der Waals surface area (Å²) in [5.41, 5.74) is 6.31. The molecule has 1 aliphatic carbocycles. The molecule has 3 N–H and O–H groups in total. The molecule has 2 fully saturated rings. The van der Waals surface area contributed by atoms with Crippen molar-refractivity contribution >= 4 is 17.4 Å². The van der Waals surface area contributed by atoms with E-state index < -0.39 is 5.60 Å². The van der Waals surface area contributed by atoms with Gasteiger partial charge < -0.3 is 20.2 Å². The predicted molar refractivity (Wildman–Crippen MR) is 95.7 cm³/mol. The first-order valence-corrected chi connectivity index (χ1v) is 8.87. The molecular weight excluding hydrogens is 334 g/mol. The molecule has 0 atom stereocenters. The zero-order valence-electron chi connectivity index (χ0n) is 14.4. The maximum absolute atomic E-state index is 10.1. The van der Waals surface area contributed by atoms with Crippen LogP contribution in [0, 0.1) is 0 Å². The minimum Gasteiger partial charge on any atom is -0.461 e. The molecule has 0 aromatic carbocycles. The lowest BCUT2D eigenvalue weighted by atomic mass is 10.2. The van der Waals surface area contributed by atoms with Crippen LogP contribution in [0.4, 0.5) is 11.8 Å². The van der Waals surface area contributed by atoms with Gasteiger partial charge in [0.05, 0.1) is 11.9 Å². The van der Waals surface area contributed by atoms with Crippen LogP contribution in [0.15, 0.2) is 28.9 Å². The summed E-state index contributed by atoms with van der Waals surface area (Å²) in [6, 6.07) is 5.51. The minimum atomic E-state index is -0.437. The van der Waals surface area contributed by atoms with E-state index >= 15 is 0 Å². The van der Waals surface area contributed by atoms with Gasteiger partial charge in [0.25, 0.3) is 0 Å². The number of fused-ring (bicyclic) bond motifs is 1. The second-order valence-electron chi connectivity index (χ2n) is 7.14. The third-order valence-electron chi connectivity index (χ3n) is 5.12. The van der Waals surface area contributed by atoms with Crippen molar-refractivity contribution in [3.63, 3.8) is 0 Å². The van der Waals surface area contributed by atoms with Crippen molar-refractivity contribution in [3.05, 3.63) is 24.5 Å². The van der Waals surface area contributed by atoms with E-state index in [4.69, 9.17) is 10.2 Å². The van der Waals surface area contributed by atoms with Crippen LogP contribution in [0.1, 0.15) is 12.8 Å². The number of furan rings is 1. The summed E-state index contributed by atoms with van der Waals surface area (Å²) < 4.78 is 6.88. The normalized spacial score (nSPS) is 20.0. The maximum atomic E-state index is 10.1. The van der Waals surface area contributed by atoms with E-state index in [1.54, 1.807) is 12.3 Å². The van der Waals surface area contributed by atoms with Crippen molar-refractivity contribution in [2.45, 2.75) is 18.4 Å². The number of nitrogen functional groups attached to an aromatic ring is 1. The molecule has 0 bridgehead atoms. The van der Waals surface area contributed by atoms with Crippen LogP contribution in [0.3, 0.4) is 0 Å². The van der Waals surface area contributed by atoms with Gasteiger partial charge >= 0.3 is 0 Å². The standard InChI is InChI=1S/C17H21N7O2/c18-16-20-13(23-7-5-22(6-8-23)11-17(25)3-4-17)10-14-19-15(21-24(14)16)12-2-1-9-26-12/h1-2,9-10,25H,3-8,11H2,(H2,18,20). The van der Waals surface area contributed by atoms with Crippen molar-refractivity contribution < 1.29 is 9.52 Å². The average molecular weight is 355 g/mol. The van der Waals surface area contributed by atoms with Gasteiger partial charge in [-0.1, -0.05) is 0 Å². The smallest absolute Gasteiger partial charge is 0.225 e. The van der Waals surface area contributed by atoms with Crippen molar-refractivity contribution in [3.8, 4) is 11.6 Å². The molecule has 9 heteroatoms. The summed E-state index contributed by atoms with van der Waals surface area (Å²) in [6.07, 6.45) is 3.44. The Morgan fingerprint density at radius 1 is 1.19 bits per heavy atom. The van der Waals surface area contributed by atoms with E-state index in [9.17, 15) is 5.11 Å². The molecule has 3 aromatic rings. The Hall–Kier alpha value is -2.65. The number of hydrogen-bond donors (Lipinski definition) is 2. The molecule has 4 heterocycles. The first kappa shape index (κ1) is 15.6. The van der Waals surface area contributed by atoms with Crippen LogP contribution in [-0.2, 0) is 0 Å². The quantitative estimate of drug-likeness (QED) is 0.701. The minimum absolute atomic E-state index is 0.303. The summed E-state index contributed by atoms with van der Waals surface area (Å²) >= 11 is 0. The van der Waals surface area contributed by atoms with Crippen molar-refractivity contribution in [2.75, 3.05) is 43.4 Å². The molecule has 1 saturated carbocycles. The molecule has 0 spiro atoms. The van der Waals surface area contributed by atoms with Crippen molar-refractivity contribution in [1.29, 1.82) is 0 Å². The van der Waals surface area contributed by atoms with Gasteiger partial charge in [-0.15, -0.1) is 5.10 Å². The summed E-state index contributed by atoms with van der Waals surface area (Å²) in [4.78, 5) is 13.5. The fourth-order valence-corrected chi connectivity index (χ4v) is 3.42. The lowest BCUT2D eigenvalue weighted by Gasteiger charge is -2.36. The molecular formula is C17H21N7O2. The number of rotatable bonds is 4. The fraction of sp³-hybridized carbons (Fsp3) is 0.471. The Labute approximate surface area is 150 Å². The Bertz CT molecular complexity index is 924. The van der Waals surface area contributed by atoms with Gasteiger partial charge in [-0.3, -0.25) is 4.90 Å². The van der Waals surface area contributed by atoms with Gasteiger partial charge in [0.2, 0.25) is 11.8 Å². The Balaban J connectivity index is 1.36.